The number of rotatable bonds is 12. The highest BCUT2D eigenvalue weighted by atomic mass is 15.2. The molecule has 0 unspecified atom stereocenters. The Labute approximate surface area is 132 Å². The SMILES string of the molecule is CCC(CC)CNC(=NC)NCCCCCCCN(C)C. The number of nitrogens with one attached hydrogen (secondary N) is 2. The number of unbranched alkanes of at least 4 members (excludes halogenated alkanes) is 4. The maximum atomic E-state index is 4.28. The maximum absolute atomic E-state index is 4.28. The molecule has 0 aromatic rings. The summed E-state index contributed by atoms with van der Waals surface area (Å²) >= 11 is 0. The Balaban J connectivity index is 3.51. The molecule has 0 aliphatic carbocycles. The first-order chi connectivity index (χ1) is 10.1. The molecule has 0 aliphatic heterocycles. The number of hydrogen-bond acceptors (Lipinski definition) is 2. The number of hydrogen-bond donors (Lipinski definition) is 2. The predicted octanol–water partition coefficient (Wildman–Crippen LogP) is 3.10. The fraction of sp³-hybridized carbons (Fsp3) is 0.941. The number of guanidine groups is 1. The van der Waals surface area contributed by atoms with Crippen molar-refractivity contribution >= 4 is 5.96 Å². The lowest BCUT2D eigenvalue weighted by Crippen LogP contribution is -2.40. The summed E-state index contributed by atoms with van der Waals surface area (Å²) in [6.07, 6.45) is 9.01. The van der Waals surface area contributed by atoms with Gasteiger partial charge in [0.15, 0.2) is 5.96 Å². The van der Waals surface area contributed by atoms with Gasteiger partial charge >= 0.3 is 0 Å². The van der Waals surface area contributed by atoms with E-state index in [0.29, 0.717) is 0 Å². The van der Waals surface area contributed by atoms with Gasteiger partial charge in [0.25, 0.3) is 0 Å². The molecule has 0 saturated heterocycles. The molecule has 0 saturated carbocycles. The molecule has 0 aliphatic rings. The zero-order chi connectivity index (χ0) is 15.9. The molecule has 0 rings (SSSR count). The van der Waals surface area contributed by atoms with Gasteiger partial charge in [-0.3, -0.25) is 4.99 Å². The van der Waals surface area contributed by atoms with Gasteiger partial charge in [0.1, 0.15) is 0 Å². The van der Waals surface area contributed by atoms with E-state index < -0.39 is 0 Å². The minimum atomic E-state index is 0.750. The molecular weight excluding hydrogens is 260 g/mol. The molecule has 0 aromatic heterocycles. The average Bonchev–Trinajstić information content (AvgIpc) is 2.48. The van der Waals surface area contributed by atoms with Crippen molar-refractivity contribution in [2.75, 3.05) is 40.8 Å². The molecule has 4 heteroatoms. The van der Waals surface area contributed by atoms with Crippen molar-refractivity contribution in [2.45, 2.75) is 58.8 Å². The second-order valence-electron chi connectivity index (χ2n) is 6.13. The molecule has 126 valence electrons. The van der Waals surface area contributed by atoms with Crippen LogP contribution in [0.4, 0.5) is 0 Å². The standard InChI is InChI=1S/C17H38N4/c1-6-16(7-2)15-20-17(18-3)19-13-11-9-8-10-12-14-21(4)5/h16H,6-15H2,1-5H3,(H2,18,19,20). The fourth-order valence-corrected chi connectivity index (χ4v) is 2.33. The Kier molecular flexibility index (Phi) is 13.7. The van der Waals surface area contributed by atoms with Gasteiger partial charge in [-0.15, -0.1) is 0 Å². The van der Waals surface area contributed by atoms with Crippen LogP contribution < -0.4 is 10.6 Å². The molecule has 0 amide bonds. The molecule has 0 fully saturated rings. The Morgan fingerprint density at radius 2 is 1.57 bits per heavy atom. The van der Waals surface area contributed by atoms with Crippen molar-refractivity contribution in [3.05, 3.63) is 0 Å². The second-order valence-corrected chi connectivity index (χ2v) is 6.13. The van der Waals surface area contributed by atoms with Gasteiger partial charge < -0.3 is 15.5 Å². The van der Waals surface area contributed by atoms with E-state index in [2.05, 4.69) is 48.5 Å². The van der Waals surface area contributed by atoms with E-state index in [9.17, 15) is 0 Å². The van der Waals surface area contributed by atoms with Crippen molar-refractivity contribution in [2.24, 2.45) is 10.9 Å². The highest BCUT2D eigenvalue weighted by Gasteiger charge is 2.04. The molecular formula is C17H38N4. The van der Waals surface area contributed by atoms with Crippen LogP contribution in [0.1, 0.15) is 58.8 Å². The molecule has 4 nitrogen and oxygen atoms in total. The Morgan fingerprint density at radius 3 is 2.14 bits per heavy atom. The lowest BCUT2D eigenvalue weighted by Gasteiger charge is -2.16. The van der Waals surface area contributed by atoms with Gasteiger partial charge in [-0.2, -0.15) is 0 Å². The van der Waals surface area contributed by atoms with Gasteiger partial charge in [0.2, 0.25) is 0 Å². The van der Waals surface area contributed by atoms with E-state index in [1.807, 2.05) is 7.05 Å². The topological polar surface area (TPSA) is 39.7 Å². The van der Waals surface area contributed by atoms with Crippen LogP contribution in [0.2, 0.25) is 0 Å². The Bertz CT molecular complexity index is 247. The number of nitrogens with zero attached hydrogens (tertiary/aromatic N) is 2. The molecule has 21 heavy (non-hydrogen) atoms. The monoisotopic (exact) mass is 298 g/mol. The Morgan fingerprint density at radius 1 is 0.952 bits per heavy atom. The van der Waals surface area contributed by atoms with E-state index in [0.717, 1.165) is 25.0 Å². The van der Waals surface area contributed by atoms with E-state index in [-0.39, 0.29) is 0 Å². The van der Waals surface area contributed by atoms with Crippen LogP contribution in [0.25, 0.3) is 0 Å². The van der Waals surface area contributed by atoms with Crippen molar-refractivity contribution in [1.29, 1.82) is 0 Å². The van der Waals surface area contributed by atoms with Crippen LogP contribution in [0.5, 0.6) is 0 Å². The van der Waals surface area contributed by atoms with Crippen molar-refractivity contribution in [1.82, 2.24) is 15.5 Å². The summed E-state index contributed by atoms with van der Waals surface area (Å²) in [7, 11) is 6.14. The molecule has 0 heterocycles. The highest BCUT2D eigenvalue weighted by molar-refractivity contribution is 5.79. The minimum absolute atomic E-state index is 0.750. The van der Waals surface area contributed by atoms with Gasteiger partial charge in [0.05, 0.1) is 0 Å². The minimum Gasteiger partial charge on any atom is -0.356 e. The van der Waals surface area contributed by atoms with Crippen LogP contribution in [0, 0.1) is 5.92 Å². The first-order valence-corrected chi connectivity index (χ1v) is 8.73. The summed E-state index contributed by atoms with van der Waals surface area (Å²) in [5, 5.41) is 6.84. The van der Waals surface area contributed by atoms with Gasteiger partial charge in [-0.1, -0.05) is 46.0 Å². The fourth-order valence-electron chi connectivity index (χ4n) is 2.33. The third kappa shape index (κ3) is 12.7. The van der Waals surface area contributed by atoms with Crippen molar-refractivity contribution in [3.8, 4) is 0 Å². The quantitative estimate of drug-likeness (QED) is 0.330. The van der Waals surface area contributed by atoms with Crippen LogP contribution in [-0.2, 0) is 0 Å². The first-order valence-electron chi connectivity index (χ1n) is 8.73. The van der Waals surface area contributed by atoms with Crippen LogP contribution in [-0.4, -0.2) is 51.6 Å². The van der Waals surface area contributed by atoms with Crippen LogP contribution in [0.15, 0.2) is 4.99 Å². The average molecular weight is 299 g/mol. The first kappa shape index (κ1) is 20.2. The molecule has 2 N–H and O–H groups in total. The lowest BCUT2D eigenvalue weighted by atomic mass is 10.0. The summed E-state index contributed by atoms with van der Waals surface area (Å²) in [5.41, 5.74) is 0. The maximum Gasteiger partial charge on any atom is 0.190 e. The molecule has 0 spiro atoms. The highest BCUT2D eigenvalue weighted by Crippen LogP contribution is 2.05. The third-order valence-corrected chi connectivity index (χ3v) is 4.01. The zero-order valence-corrected chi connectivity index (χ0v) is 15.0. The zero-order valence-electron chi connectivity index (χ0n) is 15.0. The van der Waals surface area contributed by atoms with Crippen molar-refractivity contribution < 1.29 is 0 Å². The van der Waals surface area contributed by atoms with Gasteiger partial charge in [-0.25, -0.2) is 0 Å². The Hall–Kier alpha value is -0.770. The lowest BCUT2D eigenvalue weighted by molar-refractivity contribution is 0.389. The normalized spacial score (nSPS) is 12.2. The van der Waals surface area contributed by atoms with E-state index in [1.165, 1.54) is 51.5 Å². The third-order valence-electron chi connectivity index (χ3n) is 4.01. The summed E-state index contributed by atoms with van der Waals surface area (Å²) in [4.78, 5) is 6.55. The van der Waals surface area contributed by atoms with E-state index in [1.54, 1.807) is 0 Å². The van der Waals surface area contributed by atoms with Gasteiger partial charge in [-0.05, 0) is 39.4 Å². The smallest absolute Gasteiger partial charge is 0.190 e. The van der Waals surface area contributed by atoms with E-state index in [4.69, 9.17) is 0 Å². The molecule has 0 bridgehead atoms. The summed E-state index contributed by atoms with van der Waals surface area (Å²) < 4.78 is 0. The van der Waals surface area contributed by atoms with Crippen LogP contribution >= 0.6 is 0 Å². The number of aliphatic imine (C=N–C) groups is 1. The largest absolute Gasteiger partial charge is 0.356 e. The molecule has 0 atom stereocenters. The molecule has 0 radical (unpaired) electrons. The molecule has 0 aromatic carbocycles. The van der Waals surface area contributed by atoms with Crippen molar-refractivity contribution in [3.63, 3.8) is 0 Å². The van der Waals surface area contributed by atoms with E-state index >= 15 is 0 Å². The van der Waals surface area contributed by atoms with Crippen LogP contribution in [0.3, 0.4) is 0 Å². The predicted molar refractivity (Wildman–Crippen MR) is 95.1 cm³/mol. The summed E-state index contributed by atoms with van der Waals surface area (Å²) in [6, 6.07) is 0. The second kappa shape index (κ2) is 14.2. The summed E-state index contributed by atoms with van der Waals surface area (Å²) in [5.74, 6) is 1.70. The van der Waals surface area contributed by atoms with Gasteiger partial charge in [0, 0.05) is 20.1 Å². The summed E-state index contributed by atoms with van der Waals surface area (Å²) in [6.45, 7) is 7.77.